The predicted octanol–water partition coefficient (Wildman–Crippen LogP) is 1.45. The van der Waals surface area contributed by atoms with Crippen LogP contribution in [0.5, 0.6) is 0 Å². The predicted molar refractivity (Wildman–Crippen MR) is 50.2 cm³/mol. The Labute approximate surface area is 89.7 Å². The van der Waals surface area contributed by atoms with Crippen molar-refractivity contribution in [2.75, 3.05) is 0 Å². The smallest absolute Gasteiger partial charge is 0.304 e. The molecule has 0 radical (unpaired) electrons. The average molecular weight is 233 g/mol. The first-order valence-electron chi connectivity index (χ1n) is 4.51. The number of nitrogens with two attached hydrogens (primary N) is 1. The Morgan fingerprint density at radius 1 is 1.31 bits per heavy atom. The number of benzene rings is 1. The monoisotopic (exact) mass is 233 g/mol. The van der Waals surface area contributed by atoms with Gasteiger partial charge < -0.3 is 10.8 Å². The molecule has 88 valence electrons. The highest BCUT2D eigenvalue weighted by molar-refractivity contribution is 5.67. The van der Waals surface area contributed by atoms with E-state index >= 15 is 0 Å². The lowest BCUT2D eigenvalue weighted by Crippen LogP contribution is -2.26. The van der Waals surface area contributed by atoms with Crippen molar-refractivity contribution in [1.29, 1.82) is 0 Å². The van der Waals surface area contributed by atoms with Gasteiger partial charge in [-0.3, -0.25) is 4.79 Å². The molecule has 0 saturated carbocycles. The molecule has 0 aromatic heterocycles. The molecular formula is C10H10F3NO2. The van der Waals surface area contributed by atoms with Gasteiger partial charge in [0.15, 0.2) is 17.5 Å². The fourth-order valence-corrected chi connectivity index (χ4v) is 1.30. The molecule has 1 aromatic carbocycles. The molecule has 0 aliphatic heterocycles. The van der Waals surface area contributed by atoms with Gasteiger partial charge in [-0.15, -0.1) is 0 Å². The second-order valence-corrected chi connectivity index (χ2v) is 3.40. The fraction of sp³-hybridized carbons (Fsp3) is 0.300. The van der Waals surface area contributed by atoms with Crippen LogP contribution in [0.1, 0.15) is 12.0 Å². The summed E-state index contributed by atoms with van der Waals surface area (Å²) in [5.74, 6) is -5.30. The fourth-order valence-electron chi connectivity index (χ4n) is 1.30. The summed E-state index contributed by atoms with van der Waals surface area (Å²) < 4.78 is 38.5. The molecule has 1 rings (SSSR count). The quantitative estimate of drug-likeness (QED) is 0.773. The molecule has 0 bridgehead atoms. The molecular weight excluding hydrogens is 223 g/mol. The highest BCUT2D eigenvalue weighted by atomic mass is 19.2. The normalized spacial score (nSPS) is 12.5. The SMILES string of the molecule is N[C@H](CC(=O)O)Cc1ccc(F)c(F)c1F. The number of carboxylic acids is 1. The summed E-state index contributed by atoms with van der Waals surface area (Å²) in [6.07, 6.45) is -0.520. The molecule has 0 heterocycles. The minimum atomic E-state index is -1.57. The Morgan fingerprint density at radius 2 is 1.94 bits per heavy atom. The van der Waals surface area contributed by atoms with E-state index in [4.69, 9.17) is 10.8 Å². The van der Waals surface area contributed by atoms with Crippen LogP contribution in [0.4, 0.5) is 13.2 Å². The first kappa shape index (κ1) is 12.5. The lowest BCUT2D eigenvalue weighted by Gasteiger charge is -2.10. The van der Waals surface area contributed by atoms with Crippen molar-refractivity contribution in [1.82, 2.24) is 0 Å². The van der Waals surface area contributed by atoms with Gasteiger partial charge in [-0.2, -0.15) is 0 Å². The largest absolute Gasteiger partial charge is 0.481 e. The van der Waals surface area contributed by atoms with E-state index in [1.165, 1.54) is 0 Å². The van der Waals surface area contributed by atoms with Crippen molar-refractivity contribution < 1.29 is 23.1 Å². The van der Waals surface area contributed by atoms with E-state index in [-0.39, 0.29) is 18.4 Å². The van der Waals surface area contributed by atoms with Crippen LogP contribution in [0, 0.1) is 17.5 Å². The van der Waals surface area contributed by atoms with E-state index in [0.717, 1.165) is 12.1 Å². The lowest BCUT2D eigenvalue weighted by atomic mass is 10.0. The summed E-state index contributed by atoms with van der Waals surface area (Å²) in [7, 11) is 0. The Balaban J connectivity index is 2.82. The second-order valence-electron chi connectivity index (χ2n) is 3.40. The molecule has 6 heteroatoms. The molecule has 0 saturated heterocycles. The molecule has 3 N–H and O–H groups in total. The highest BCUT2D eigenvalue weighted by Crippen LogP contribution is 2.16. The van der Waals surface area contributed by atoms with Crippen LogP contribution in [0.3, 0.4) is 0 Å². The zero-order valence-corrected chi connectivity index (χ0v) is 8.21. The van der Waals surface area contributed by atoms with Crippen LogP contribution in [0.15, 0.2) is 12.1 Å². The summed E-state index contributed by atoms with van der Waals surface area (Å²) in [6, 6.07) is 0.994. The summed E-state index contributed by atoms with van der Waals surface area (Å²) in [5, 5.41) is 8.42. The number of aliphatic carboxylic acids is 1. The van der Waals surface area contributed by atoms with Gasteiger partial charge in [-0.05, 0) is 18.1 Å². The molecule has 0 unspecified atom stereocenters. The van der Waals surface area contributed by atoms with Crippen molar-refractivity contribution in [3.63, 3.8) is 0 Å². The number of rotatable bonds is 4. The first-order chi connectivity index (χ1) is 7.41. The second kappa shape index (κ2) is 4.98. The third-order valence-corrected chi connectivity index (χ3v) is 2.03. The molecule has 1 aromatic rings. The summed E-state index contributed by atoms with van der Waals surface area (Å²) in [4.78, 5) is 10.3. The van der Waals surface area contributed by atoms with Crippen LogP contribution in [0.25, 0.3) is 0 Å². The van der Waals surface area contributed by atoms with Crippen LogP contribution in [-0.4, -0.2) is 17.1 Å². The number of carbonyl (C=O) groups is 1. The number of halogens is 3. The van der Waals surface area contributed by atoms with E-state index in [0.29, 0.717) is 0 Å². The van der Waals surface area contributed by atoms with Crippen LogP contribution < -0.4 is 5.73 Å². The standard InChI is InChI=1S/C10H10F3NO2/c11-7-2-1-5(9(12)10(7)13)3-6(14)4-8(15)16/h1-2,6H,3-4,14H2,(H,15,16)/t6-/m0/s1. The molecule has 0 aliphatic rings. The topological polar surface area (TPSA) is 63.3 Å². The molecule has 3 nitrogen and oxygen atoms in total. The Hall–Kier alpha value is -1.56. The van der Waals surface area contributed by atoms with Gasteiger partial charge in [0.25, 0.3) is 0 Å². The van der Waals surface area contributed by atoms with Crippen molar-refractivity contribution in [3.05, 3.63) is 35.1 Å². The van der Waals surface area contributed by atoms with E-state index in [2.05, 4.69) is 0 Å². The summed E-state index contributed by atoms with van der Waals surface area (Å²) in [5.41, 5.74) is 5.27. The van der Waals surface area contributed by atoms with Crippen LogP contribution in [-0.2, 0) is 11.2 Å². The van der Waals surface area contributed by atoms with Gasteiger partial charge >= 0.3 is 5.97 Å². The molecule has 16 heavy (non-hydrogen) atoms. The van der Waals surface area contributed by atoms with Crippen molar-refractivity contribution in [2.24, 2.45) is 5.73 Å². The number of hydrogen-bond donors (Lipinski definition) is 2. The molecule has 0 spiro atoms. The maximum atomic E-state index is 13.1. The van der Waals surface area contributed by atoms with E-state index in [9.17, 15) is 18.0 Å². The van der Waals surface area contributed by atoms with Gasteiger partial charge in [0.2, 0.25) is 0 Å². The number of carboxylic acid groups (broad SMARTS) is 1. The summed E-state index contributed by atoms with van der Waals surface area (Å²) in [6.45, 7) is 0. The zero-order chi connectivity index (χ0) is 12.3. The first-order valence-corrected chi connectivity index (χ1v) is 4.51. The van der Waals surface area contributed by atoms with Gasteiger partial charge in [0, 0.05) is 6.04 Å². The third kappa shape index (κ3) is 2.96. The molecule has 0 fully saturated rings. The maximum absolute atomic E-state index is 13.1. The van der Waals surface area contributed by atoms with Gasteiger partial charge in [-0.25, -0.2) is 13.2 Å². The van der Waals surface area contributed by atoms with E-state index in [1.54, 1.807) is 0 Å². The minimum Gasteiger partial charge on any atom is -0.481 e. The van der Waals surface area contributed by atoms with Crippen LogP contribution >= 0.6 is 0 Å². The van der Waals surface area contributed by atoms with Crippen molar-refractivity contribution >= 4 is 5.97 Å². The van der Waals surface area contributed by atoms with Crippen molar-refractivity contribution in [2.45, 2.75) is 18.9 Å². The van der Waals surface area contributed by atoms with Crippen LogP contribution in [0.2, 0.25) is 0 Å². The molecule has 1 atom stereocenters. The Morgan fingerprint density at radius 3 is 2.50 bits per heavy atom. The Bertz CT molecular complexity index is 409. The summed E-state index contributed by atoms with van der Waals surface area (Å²) >= 11 is 0. The van der Waals surface area contributed by atoms with Crippen molar-refractivity contribution in [3.8, 4) is 0 Å². The highest BCUT2D eigenvalue weighted by Gasteiger charge is 2.16. The van der Waals surface area contributed by atoms with Gasteiger partial charge in [0.05, 0.1) is 6.42 Å². The van der Waals surface area contributed by atoms with Gasteiger partial charge in [-0.1, -0.05) is 6.07 Å². The molecule has 0 aliphatic carbocycles. The van der Waals surface area contributed by atoms with Gasteiger partial charge in [0.1, 0.15) is 0 Å². The third-order valence-electron chi connectivity index (χ3n) is 2.03. The van der Waals surface area contributed by atoms with E-state index < -0.39 is 29.5 Å². The van der Waals surface area contributed by atoms with E-state index in [1.807, 2.05) is 0 Å². The lowest BCUT2D eigenvalue weighted by molar-refractivity contribution is -0.137. The average Bonchev–Trinajstić information content (AvgIpc) is 2.18. The zero-order valence-electron chi connectivity index (χ0n) is 8.21. The Kier molecular flexibility index (Phi) is 3.89. The number of hydrogen-bond acceptors (Lipinski definition) is 2. The molecule has 0 amide bonds. The minimum absolute atomic E-state index is 0.132. The maximum Gasteiger partial charge on any atom is 0.304 e.